The van der Waals surface area contributed by atoms with Crippen LogP contribution in [0.2, 0.25) is 0 Å². The first-order valence-electron chi connectivity index (χ1n) is 7.39. The molecule has 0 aliphatic rings. The predicted molar refractivity (Wildman–Crippen MR) is 98.9 cm³/mol. The van der Waals surface area contributed by atoms with E-state index in [1.54, 1.807) is 23.6 Å². The van der Waals surface area contributed by atoms with E-state index in [2.05, 4.69) is 63.5 Å². The standard InChI is InChI=1S/C17H17BrN4OS/c1-11-4-6-15(12(2)8-11)22-17(19-20-21-22)24-10-13-9-14(18)5-7-16(13)23-3/h4-9H,10H2,1-3H3. The Bertz CT molecular complexity index is 866. The van der Waals surface area contributed by atoms with Crippen LogP contribution in [0.5, 0.6) is 5.75 Å². The zero-order chi connectivity index (χ0) is 17.1. The van der Waals surface area contributed by atoms with Crippen LogP contribution < -0.4 is 4.74 Å². The van der Waals surface area contributed by atoms with Gasteiger partial charge in [-0.15, -0.1) is 5.10 Å². The van der Waals surface area contributed by atoms with E-state index in [1.807, 2.05) is 18.2 Å². The van der Waals surface area contributed by atoms with Gasteiger partial charge < -0.3 is 4.74 Å². The molecule has 1 heterocycles. The molecule has 124 valence electrons. The van der Waals surface area contributed by atoms with Gasteiger partial charge in [0.2, 0.25) is 5.16 Å². The Labute approximate surface area is 153 Å². The monoisotopic (exact) mass is 404 g/mol. The third-order valence-electron chi connectivity index (χ3n) is 3.62. The highest BCUT2D eigenvalue weighted by atomic mass is 79.9. The first-order valence-corrected chi connectivity index (χ1v) is 9.17. The van der Waals surface area contributed by atoms with Crippen molar-refractivity contribution in [1.82, 2.24) is 20.2 Å². The Morgan fingerprint density at radius 3 is 2.75 bits per heavy atom. The smallest absolute Gasteiger partial charge is 0.214 e. The summed E-state index contributed by atoms with van der Waals surface area (Å²) in [6, 6.07) is 12.2. The van der Waals surface area contributed by atoms with E-state index >= 15 is 0 Å². The van der Waals surface area contributed by atoms with Gasteiger partial charge >= 0.3 is 0 Å². The lowest BCUT2D eigenvalue weighted by atomic mass is 10.1. The van der Waals surface area contributed by atoms with Crippen LogP contribution in [-0.4, -0.2) is 27.3 Å². The van der Waals surface area contributed by atoms with Crippen LogP contribution in [0.25, 0.3) is 5.69 Å². The van der Waals surface area contributed by atoms with Crippen molar-refractivity contribution < 1.29 is 4.74 Å². The quantitative estimate of drug-likeness (QED) is 0.591. The summed E-state index contributed by atoms with van der Waals surface area (Å²) < 4.78 is 8.23. The van der Waals surface area contributed by atoms with Crippen LogP contribution >= 0.6 is 27.7 Å². The first-order chi connectivity index (χ1) is 11.6. The molecule has 0 aliphatic heterocycles. The molecular weight excluding hydrogens is 388 g/mol. The minimum atomic E-state index is 0.716. The highest BCUT2D eigenvalue weighted by Gasteiger charge is 2.13. The second kappa shape index (κ2) is 7.36. The van der Waals surface area contributed by atoms with Crippen molar-refractivity contribution in [2.24, 2.45) is 0 Å². The van der Waals surface area contributed by atoms with E-state index in [0.717, 1.165) is 32.2 Å². The molecule has 2 aromatic carbocycles. The first kappa shape index (κ1) is 17.0. The van der Waals surface area contributed by atoms with Gasteiger partial charge in [-0.25, -0.2) is 0 Å². The zero-order valence-electron chi connectivity index (χ0n) is 13.7. The van der Waals surface area contributed by atoms with E-state index < -0.39 is 0 Å². The van der Waals surface area contributed by atoms with Crippen LogP contribution in [0, 0.1) is 13.8 Å². The highest BCUT2D eigenvalue weighted by molar-refractivity contribution is 9.10. The van der Waals surface area contributed by atoms with Crippen LogP contribution in [0.4, 0.5) is 0 Å². The molecule has 0 atom stereocenters. The summed E-state index contributed by atoms with van der Waals surface area (Å²) in [6.07, 6.45) is 0. The lowest BCUT2D eigenvalue weighted by Gasteiger charge is -2.10. The topological polar surface area (TPSA) is 52.8 Å². The molecule has 0 radical (unpaired) electrons. The van der Waals surface area contributed by atoms with Gasteiger partial charge in [-0.3, -0.25) is 0 Å². The van der Waals surface area contributed by atoms with E-state index in [4.69, 9.17) is 4.74 Å². The number of thioether (sulfide) groups is 1. The van der Waals surface area contributed by atoms with Crippen molar-refractivity contribution in [2.45, 2.75) is 24.8 Å². The summed E-state index contributed by atoms with van der Waals surface area (Å²) in [6.45, 7) is 4.14. The Hall–Kier alpha value is -1.86. The van der Waals surface area contributed by atoms with E-state index in [-0.39, 0.29) is 0 Å². The molecule has 0 saturated carbocycles. The van der Waals surface area contributed by atoms with E-state index in [9.17, 15) is 0 Å². The van der Waals surface area contributed by atoms with Crippen LogP contribution in [0.3, 0.4) is 0 Å². The predicted octanol–water partition coefficient (Wildman–Crippen LogP) is 4.34. The maximum Gasteiger partial charge on any atom is 0.214 e. The maximum atomic E-state index is 5.42. The van der Waals surface area contributed by atoms with Crippen molar-refractivity contribution in [3.63, 3.8) is 0 Å². The largest absolute Gasteiger partial charge is 0.496 e. The van der Waals surface area contributed by atoms with Crippen LogP contribution in [0.15, 0.2) is 46.0 Å². The van der Waals surface area contributed by atoms with Gasteiger partial charge in [0.1, 0.15) is 5.75 Å². The summed E-state index contributed by atoms with van der Waals surface area (Å²) in [5, 5.41) is 12.9. The maximum absolute atomic E-state index is 5.42. The fourth-order valence-electron chi connectivity index (χ4n) is 2.47. The summed E-state index contributed by atoms with van der Waals surface area (Å²) in [5.41, 5.74) is 4.45. The number of methoxy groups -OCH3 is 1. The number of hydrogen-bond donors (Lipinski definition) is 0. The molecule has 3 rings (SSSR count). The van der Waals surface area contributed by atoms with Crippen LogP contribution in [-0.2, 0) is 5.75 Å². The third kappa shape index (κ3) is 3.62. The molecular formula is C17H17BrN4OS. The number of hydrogen-bond acceptors (Lipinski definition) is 5. The molecule has 1 aromatic heterocycles. The summed E-state index contributed by atoms with van der Waals surface area (Å²) in [5.74, 6) is 1.57. The molecule has 5 nitrogen and oxygen atoms in total. The summed E-state index contributed by atoms with van der Waals surface area (Å²) in [4.78, 5) is 0. The van der Waals surface area contributed by atoms with Gasteiger partial charge in [0.25, 0.3) is 0 Å². The van der Waals surface area contributed by atoms with Gasteiger partial charge in [-0.05, 0) is 54.1 Å². The zero-order valence-corrected chi connectivity index (χ0v) is 16.1. The van der Waals surface area contributed by atoms with Crippen molar-refractivity contribution in [2.75, 3.05) is 7.11 Å². The van der Waals surface area contributed by atoms with E-state index in [0.29, 0.717) is 5.75 Å². The van der Waals surface area contributed by atoms with Crippen LogP contribution in [0.1, 0.15) is 16.7 Å². The number of aryl methyl sites for hydroxylation is 2. The number of halogens is 1. The third-order valence-corrected chi connectivity index (χ3v) is 5.08. The summed E-state index contributed by atoms with van der Waals surface area (Å²) >= 11 is 5.08. The second-order valence-electron chi connectivity index (χ2n) is 5.41. The Kier molecular flexibility index (Phi) is 5.20. The Morgan fingerprint density at radius 1 is 1.17 bits per heavy atom. The Morgan fingerprint density at radius 2 is 2.00 bits per heavy atom. The number of ether oxygens (including phenoxy) is 1. The number of benzene rings is 2. The fourth-order valence-corrected chi connectivity index (χ4v) is 3.74. The normalized spacial score (nSPS) is 10.8. The minimum Gasteiger partial charge on any atom is -0.496 e. The lowest BCUT2D eigenvalue weighted by Crippen LogP contribution is -2.02. The van der Waals surface area contributed by atoms with Crippen molar-refractivity contribution >= 4 is 27.7 Å². The molecule has 0 N–H and O–H groups in total. The molecule has 7 heteroatoms. The Balaban J connectivity index is 1.85. The second-order valence-corrected chi connectivity index (χ2v) is 7.27. The minimum absolute atomic E-state index is 0.716. The van der Waals surface area contributed by atoms with Crippen molar-refractivity contribution in [3.05, 3.63) is 57.6 Å². The van der Waals surface area contributed by atoms with Gasteiger partial charge in [0.15, 0.2) is 0 Å². The van der Waals surface area contributed by atoms with Crippen molar-refractivity contribution in [1.29, 1.82) is 0 Å². The molecule has 0 fully saturated rings. The molecule has 0 saturated heterocycles. The number of nitrogens with zero attached hydrogens (tertiary/aromatic N) is 4. The van der Waals surface area contributed by atoms with Gasteiger partial charge in [-0.1, -0.05) is 45.4 Å². The van der Waals surface area contributed by atoms with Gasteiger partial charge in [0.05, 0.1) is 12.8 Å². The van der Waals surface area contributed by atoms with E-state index in [1.165, 1.54) is 5.56 Å². The molecule has 0 unspecified atom stereocenters. The fraction of sp³-hybridized carbons (Fsp3) is 0.235. The number of tetrazole rings is 1. The molecule has 0 amide bonds. The van der Waals surface area contributed by atoms with Gasteiger partial charge in [0, 0.05) is 15.8 Å². The average Bonchev–Trinajstić information content (AvgIpc) is 3.01. The lowest BCUT2D eigenvalue weighted by molar-refractivity contribution is 0.411. The molecule has 0 bridgehead atoms. The van der Waals surface area contributed by atoms with Gasteiger partial charge in [-0.2, -0.15) is 4.68 Å². The SMILES string of the molecule is COc1ccc(Br)cc1CSc1nnnn1-c1ccc(C)cc1C. The average molecular weight is 405 g/mol. The summed E-state index contributed by atoms with van der Waals surface area (Å²) in [7, 11) is 1.68. The molecule has 3 aromatic rings. The molecule has 0 aliphatic carbocycles. The molecule has 24 heavy (non-hydrogen) atoms. The molecule has 0 spiro atoms. The number of aromatic nitrogens is 4. The van der Waals surface area contributed by atoms with Crippen molar-refractivity contribution in [3.8, 4) is 11.4 Å². The number of rotatable bonds is 5. The highest BCUT2D eigenvalue weighted by Crippen LogP contribution is 2.30.